The highest BCUT2D eigenvalue weighted by atomic mass is 32.2. The van der Waals surface area contributed by atoms with Gasteiger partial charge in [-0.1, -0.05) is 0 Å². The highest BCUT2D eigenvalue weighted by Gasteiger charge is 2.37. The molecule has 20 heavy (non-hydrogen) atoms. The van der Waals surface area contributed by atoms with Crippen molar-refractivity contribution in [3.8, 4) is 0 Å². The molecular weight excluding hydrogens is 270 g/mol. The van der Waals surface area contributed by atoms with Gasteiger partial charge in [0.1, 0.15) is 0 Å². The molecule has 2 heterocycles. The molecule has 1 saturated heterocycles. The average molecular weight is 287 g/mol. The van der Waals surface area contributed by atoms with Crippen molar-refractivity contribution in [3.63, 3.8) is 0 Å². The fourth-order valence-electron chi connectivity index (χ4n) is 2.52. The summed E-state index contributed by atoms with van der Waals surface area (Å²) in [5, 5.41) is 3.92. The lowest BCUT2D eigenvalue weighted by molar-refractivity contribution is -0.118. The van der Waals surface area contributed by atoms with Crippen molar-refractivity contribution in [1.29, 1.82) is 0 Å². The topological polar surface area (TPSA) is 68.0 Å². The van der Waals surface area contributed by atoms with Crippen molar-refractivity contribution >= 4 is 39.9 Å². The van der Waals surface area contributed by atoms with Gasteiger partial charge in [-0.25, -0.2) is 0 Å². The molecule has 3 rings (SSSR count). The number of hydrogen-bond donors (Lipinski definition) is 2. The lowest BCUT2D eigenvalue weighted by Crippen LogP contribution is -2.34. The molecular formula is C15H17N3OS. The second-order valence-electron chi connectivity index (χ2n) is 5.24. The third-order valence-corrected chi connectivity index (χ3v) is 5.27. The molecule has 1 aliphatic rings. The summed E-state index contributed by atoms with van der Waals surface area (Å²) in [7, 11) is 0. The number of anilines is 2. The van der Waals surface area contributed by atoms with Crippen LogP contribution in [0.3, 0.4) is 0 Å². The zero-order chi connectivity index (χ0) is 14.2. The predicted molar refractivity (Wildman–Crippen MR) is 84.9 cm³/mol. The van der Waals surface area contributed by atoms with Crippen molar-refractivity contribution in [3.05, 3.63) is 30.5 Å². The zero-order valence-electron chi connectivity index (χ0n) is 11.3. The average Bonchev–Trinajstić information content (AvgIpc) is 2.90. The lowest BCUT2D eigenvalue weighted by atomic mass is 10.0. The number of nitrogens with zero attached hydrogens (tertiary/aromatic N) is 1. The molecule has 1 aromatic heterocycles. The van der Waals surface area contributed by atoms with E-state index >= 15 is 0 Å². The minimum Gasteiger partial charge on any atom is -0.397 e. The fourth-order valence-corrected chi connectivity index (χ4v) is 3.73. The number of carbonyl (C=O) groups excluding carboxylic acids is 1. The number of nitrogens with two attached hydrogens (primary N) is 1. The number of hydrogen-bond acceptors (Lipinski definition) is 4. The molecule has 1 atom stereocenters. The van der Waals surface area contributed by atoms with Crippen molar-refractivity contribution < 1.29 is 4.79 Å². The number of aromatic nitrogens is 1. The quantitative estimate of drug-likeness (QED) is 0.833. The summed E-state index contributed by atoms with van der Waals surface area (Å²) in [6.07, 6.45) is 3.73. The summed E-state index contributed by atoms with van der Waals surface area (Å²) >= 11 is 1.73. The summed E-state index contributed by atoms with van der Waals surface area (Å²) < 4.78 is -0.323. The second kappa shape index (κ2) is 4.98. The van der Waals surface area contributed by atoms with Crippen LogP contribution in [0.4, 0.5) is 11.4 Å². The molecule has 1 aromatic carbocycles. The SMILES string of the molecule is CC1(C(=O)Nc2ccc(N)c3ncccc23)CCCS1. The Morgan fingerprint density at radius 2 is 2.30 bits per heavy atom. The number of nitrogen functional groups attached to an aromatic ring is 1. The van der Waals surface area contributed by atoms with Crippen molar-refractivity contribution in [1.82, 2.24) is 4.98 Å². The summed E-state index contributed by atoms with van der Waals surface area (Å²) in [6, 6.07) is 7.41. The van der Waals surface area contributed by atoms with Gasteiger partial charge in [-0.2, -0.15) is 0 Å². The lowest BCUT2D eigenvalue weighted by Gasteiger charge is -2.22. The summed E-state index contributed by atoms with van der Waals surface area (Å²) in [4.78, 5) is 16.8. The van der Waals surface area contributed by atoms with Crippen LogP contribution in [0.2, 0.25) is 0 Å². The van der Waals surface area contributed by atoms with Gasteiger partial charge in [0.25, 0.3) is 0 Å². The Morgan fingerprint density at radius 3 is 3.05 bits per heavy atom. The minimum atomic E-state index is -0.323. The van der Waals surface area contributed by atoms with Gasteiger partial charge in [0.2, 0.25) is 5.91 Å². The number of thioether (sulfide) groups is 1. The number of fused-ring (bicyclic) bond motifs is 1. The standard InChI is InChI=1S/C15H17N3OS/c1-15(7-3-9-20-15)14(19)18-12-6-5-11(16)13-10(12)4-2-8-17-13/h2,4-6,8H,3,7,9,16H2,1H3,(H,18,19). The molecule has 3 N–H and O–H groups in total. The molecule has 1 aliphatic heterocycles. The first-order chi connectivity index (χ1) is 9.60. The molecule has 5 heteroatoms. The van der Waals surface area contributed by atoms with E-state index in [2.05, 4.69) is 10.3 Å². The van der Waals surface area contributed by atoms with Gasteiger partial charge in [-0.15, -0.1) is 11.8 Å². The van der Waals surface area contributed by atoms with Crippen LogP contribution in [-0.2, 0) is 4.79 Å². The van der Waals surface area contributed by atoms with Gasteiger partial charge in [0.15, 0.2) is 0 Å². The Labute approximate surface area is 122 Å². The van der Waals surface area contributed by atoms with Gasteiger partial charge < -0.3 is 11.1 Å². The number of nitrogens with one attached hydrogen (secondary N) is 1. The van der Waals surface area contributed by atoms with Crippen LogP contribution < -0.4 is 11.1 Å². The van der Waals surface area contributed by atoms with Crippen LogP contribution in [0.25, 0.3) is 10.9 Å². The normalized spacial score (nSPS) is 22.1. The molecule has 0 spiro atoms. The number of amides is 1. The Hall–Kier alpha value is -1.75. The third-order valence-electron chi connectivity index (χ3n) is 3.75. The summed E-state index contributed by atoms with van der Waals surface area (Å²) in [5.41, 5.74) is 8.06. The highest BCUT2D eigenvalue weighted by Crippen LogP contribution is 2.39. The molecule has 0 saturated carbocycles. The van der Waals surface area contributed by atoms with Gasteiger partial charge >= 0.3 is 0 Å². The first-order valence-corrected chi connectivity index (χ1v) is 7.67. The van der Waals surface area contributed by atoms with Crippen molar-refractivity contribution in [2.75, 3.05) is 16.8 Å². The first kappa shape index (κ1) is 13.2. The van der Waals surface area contributed by atoms with Gasteiger partial charge in [0, 0.05) is 11.6 Å². The Kier molecular flexibility index (Phi) is 3.30. The van der Waals surface area contributed by atoms with Crippen LogP contribution in [0.15, 0.2) is 30.5 Å². The molecule has 0 radical (unpaired) electrons. The van der Waals surface area contributed by atoms with Crippen molar-refractivity contribution in [2.24, 2.45) is 0 Å². The number of pyridine rings is 1. The maximum absolute atomic E-state index is 12.5. The van der Waals surface area contributed by atoms with Gasteiger partial charge in [-0.05, 0) is 49.8 Å². The monoisotopic (exact) mass is 287 g/mol. The van der Waals surface area contributed by atoms with Gasteiger partial charge in [-0.3, -0.25) is 9.78 Å². The van der Waals surface area contributed by atoms with E-state index in [9.17, 15) is 4.79 Å². The number of carbonyl (C=O) groups is 1. The van der Waals surface area contributed by atoms with Crippen LogP contribution >= 0.6 is 11.8 Å². The van der Waals surface area contributed by atoms with Crippen LogP contribution in [-0.4, -0.2) is 21.4 Å². The highest BCUT2D eigenvalue weighted by molar-refractivity contribution is 8.01. The minimum absolute atomic E-state index is 0.0647. The van der Waals surface area contributed by atoms with Crippen LogP contribution in [0.1, 0.15) is 19.8 Å². The smallest absolute Gasteiger partial charge is 0.240 e. The second-order valence-corrected chi connectivity index (χ2v) is 6.84. The van der Waals surface area contributed by atoms with Gasteiger partial charge in [0.05, 0.1) is 21.6 Å². The Morgan fingerprint density at radius 1 is 1.45 bits per heavy atom. The summed E-state index contributed by atoms with van der Waals surface area (Å²) in [6.45, 7) is 2.01. The van der Waals surface area contributed by atoms with E-state index in [0.29, 0.717) is 5.69 Å². The zero-order valence-corrected chi connectivity index (χ0v) is 12.2. The molecule has 0 aliphatic carbocycles. The Bertz CT molecular complexity index is 665. The number of benzene rings is 1. The molecule has 4 nitrogen and oxygen atoms in total. The summed E-state index contributed by atoms with van der Waals surface area (Å²) in [5.74, 6) is 1.11. The van der Waals surface area contributed by atoms with E-state index < -0.39 is 0 Å². The molecule has 0 bridgehead atoms. The molecule has 1 amide bonds. The molecule has 2 aromatic rings. The molecule has 1 fully saturated rings. The Balaban J connectivity index is 1.95. The van der Waals surface area contributed by atoms with E-state index in [1.807, 2.05) is 25.1 Å². The predicted octanol–water partition coefficient (Wildman–Crippen LogP) is 3.04. The fraction of sp³-hybridized carbons (Fsp3) is 0.333. The van der Waals surface area contributed by atoms with Crippen LogP contribution in [0, 0.1) is 0 Å². The van der Waals surface area contributed by atoms with E-state index in [1.165, 1.54) is 0 Å². The van der Waals surface area contributed by atoms with Crippen molar-refractivity contribution in [2.45, 2.75) is 24.5 Å². The van der Waals surface area contributed by atoms with E-state index in [1.54, 1.807) is 24.0 Å². The molecule has 104 valence electrons. The van der Waals surface area contributed by atoms with E-state index in [0.717, 1.165) is 35.2 Å². The van der Waals surface area contributed by atoms with E-state index in [4.69, 9.17) is 5.73 Å². The number of rotatable bonds is 2. The first-order valence-electron chi connectivity index (χ1n) is 6.69. The van der Waals surface area contributed by atoms with Crippen LogP contribution in [0.5, 0.6) is 0 Å². The maximum Gasteiger partial charge on any atom is 0.240 e. The molecule has 1 unspecified atom stereocenters. The third kappa shape index (κ3) is 2.22. The maximum atomic E-state index is 12.5. The largest absolute Gasteiger partial charge is 0.397 e. The van der Waals surface area contributed by atoms with E-state index in [-0.39, 0.29) is 10.7 Å².